The summed E-state index contributed by atoms with van der Waals surface area (Å²) in [6.45, 7) is 0.939. The van der Waals surface area contributed by atoms with Crippen LogP contribution in [0.4, 0.5) is 5.69 Å². The van der Waals surface area contributed by atoms with Gasteiger partial charge in [-0.1, -0.05) is 35.9 Å². The molecule has 21 heavy (non-hydrogen) atoms. The van der Waals surface area contributed by atoms with Crippen molar-refractivity contribution in [2.75, 3.05) is 18.5 Å². The van der Waals surface area contributed by atoms with Gasteiger partial charge in [0.25, 0.3) is 0 Å². The van der Waals surface area contributed by atoms with Crippen LogP contribution < -0.4 is 5.32 Å². The summed E-state index contributed by atoms with van der Waals surface area (Å²) in [5.74, 6) is 0. The van der Waals surface area contributed by atoms with Crippen LogP contribution >= 0.6 is 27.5 Å². The highest BCUT2D eigenvalue weighted by Crippen LogP contribution is 2.35. The first-order chi connectivity index (χ1) is 10.1. The molecule has 2 N–H and O–H groups in total. The van der Waals surface area contributed by atoms with Crippen molar-refractivity contribution in [2.24, 2.45) is 0 Å². The lowest BCUT2D eigenvalue weighted by molar-refractivity contribution is 0.0357. The first kappa shape index (κ1) is 14.9. The number of benzene rings is 2. The Balaban J connectivity index is 2.00. The Labute approximate surface area is 137 Å². The second-order valence-electron chi connectivity index (χ2n) is 5.14. The standard InChI is InChI=1S/C16H15BrClNO2/c17-14-7-12(5-6-15(14)18)19-16(9-20)10-21-8-11-3-1-2-4-13(11)16/h1-7,19-20H,8-10H2. The second-order valence-corrected chi connectivity index (χ2v) is 6.41. The molecule has 1 unspecified atom stereocenters. The molecule has 1 aliphatic rings. The lowest BCUT2D eigenvalue weighted by Crippen LogP contribution is -2.46. The predicted octanol–water partition coefficient (Wildman–Crippen LogP) is 3.93. The maximum atomic E-state index is 9.99. The van der Waals surface area contributed by atoms with Crippen LogP contribution in [0.3, 0.4) is 0 Å². The summed E-state index contributed by atoms with van der Waals surface area (Å²) in [5, 5.41) is 14.0. The Morgan fingerprint density at radius 2 is 2.10 bits per heavy atom. The highest BCUT2D eigenvalue weighted by molar-refractivity contribution is 9.10. The van der Waals surface area contributed by atoms with Crippen molar-refractivity contribution in [2.45, 2.75) is 12.1 Å². The summed E-state index contributed by atoms with van der Waals surface area (Å²) in [5.41, 5.74) is 2.41. The van der Waals surface area contributed by atoms with Gasteiger partial charge in [-0.3, -0.25) is 0 Å². The Bertz CT molecular complexity index is 664. The summed E-state index contributed by atoms with van der Waals surface area (Å²) in [7, 11) is 0. The van der Waals surface area contributed by atoms with Gasteiger partial charge in [-0.05, 0) is 45.3 Å². The van der Waals surface area contributed by atoms with Gasteiger partial charge in [0.15, 0.2) is 0 Å². The highest BCUT2D eigenvalue weighted by atomic mass is 79.9. The maximum absolute atomic E-state index is 9.99. The number of hydrogen-bond acceptors (Lipinski definition) is 3. The predicted molar refractivity (Wildman–Crippen MR) is 87.6 cm³/mol. The van der Waals surface area contributed by atoms with Crippen molar-refractivity contribution >= 4 is 33.2 Å². The van der Waals surface area contributed by atoms with E-state index in [1.54, 1.807) is 0 Å². The average Bonchev–Trinajstić information content (AvgIpc) is 2.51. The normalized spacial score (nSPS) is 20.9. The van der Waals surface area contributed by atoms with E-state index in [4.69, 9.17) is 16.3 Å². The number of rotatable bonds is 3. The van der Waals surface area contributed by atoms with Gasteiger partial charge in [0.2, 0.25) is 0 Å². The molecule has 0 saturated carbocycles. The average molecular weight is 369 g/mol. The summed E-state index contributed by atoms with van der Waals surface area (Å²) >= 11 is 9.44. The van der Waals surface area contributed by atoms with Crippen LogP contribution in [0, 0.1) is 0 Å². The van der Waals surface area contributed by atoms with Crippen LogP contribution in [0.15, 0.2) is 46.9 Å². The van der Waals surface area contributed by atoms with Gasteiger partial charge in [-0.25, -0.2) is 0 Å². The van der Waals surface area contributed by atoms with Gasteiger partial charge in [-0.2, -0.15) is 0 Å². The van der Waals surface area contributed by atoms with E-state index in [0.29, 0.717) is 18.2 Å². The number of halogens is 2. The number of aliphatic hydroxyl groups excluding tert-OH is 1. The second kappa shape index (κ2) is 5.97. The Morgan fingerprint density at radius 3 is 2.86 bits per heavy atom. The van der Waals surface area contributed by atoms with E-state index < -0.39 is 5.54 Å². The zero-order chi connectivity index (χ0) is 14.9. The minimum atomic E-state index is -0.637. The molecule has 110 valence electrons. The SMILES string of the molecule is OCC1(Nc2ccc(Cl)c(Br)c2)COCc2ccccc21. The van der Waals surface area contributed by atoms with Crippen LogP contribution in [0.2, 0.25) is 5.02 Å². The molecule has 0 aliphatic carbocycles. The van der Waals surface area contributed by atoms with E-state index >= 15 is 0 Å². The van der Waals surface area contributed by atoms with Gasteiger partial charge in [0.1, 0.15) is 5.54 Å². The van der Waals surface area contributed by atoms with Gasteiger partial charge in [-0.15, -0.1) is 0 Å². The van der Waals surface area contributed by atoms with Gasteiger partial charge < -0.3 is 15.2 Å². The zero-order valence-electron chi connectivity index (χ0n) is 11.3. The van der Waals surface area contributed by atoms with Crippen molar-refractivity contribution in [3.05, 3.63) is 63.1 Å². The van der Waals surface area contributed by atoms with E-state index in [-0.39, 0.29) is 6.61 Å². The van der Waals surface area contributed by atoms with Crippen molar-refractivity contribution in [1.82, 2.24) is 0 Å². The van der Waals surface area contributed by atoms with E-state index in [1.807, 2.05) is 42.5 Å². The van der Waals surface area contributed by atoms with Crippen LogP contribution in [0.5, 0.6) is 0 Å². The van der Waals surface area contributed by atoms with E-state index in [2.05, 4.69) is 21.2 Å². The van der Waals surface area contributed by atoms with Crippen LogP contribution in [-0.2, 0) is 16.9 Å². The van der Waals surface area contributed by atoms with E-state index in [0.717, 1.165) is 21.3 Å². The topological polar surface area (TPSA) is 41.5 Å². The first-order valence-corrected chi connectivity index (χ1v) is 7.82. The Kier molecular flexibility index (Phi) is 4.22. The molecular weight excluding hydrogens is 354 g/mol. The van der Waals surface area contributed by atoms with Crippen LogP contribution in [0.25, 0.3) is 0 Å². The molecule has 0 fully saturated rings. The zero-order valence-corrected chi connectivity index (χ0v) is 13.6. The molecule has 0 radical (unpaired) electrons. The molecule has 0 amide bonds. The summed E-state index contributed by atoms with van der Waals surface area (Å²) in [6, 6.07) is 13.6. The monoisotopic (exact) mass is 367 g/mol. The largest absolute Gasteiger partial charge is 0.393 e. The summed E-state index contributed by atoms with van der Waals surface area (Å²) in [4.78, 5) is 0. The lowest BCUT2D eigenvalue weighted by atomic mass is 9.85. The fraction of sp³-hybridized carbons (Fsp3) is 0.250. The molecule has 0 spiro atoms. The number of aliphatic hydroxyl groups is 1. The van der Waals surface area contributed by atoms with Crippen molar-refractivity contribution in [3.63, 3.8) is 0 Å². The fourth-order valence-corrected chi connectivity index (χ4v) is 3.15. The number of fused-ring (bicyclic) bond motifs is 1. The molecule has 5 heteroatoms. The summed E-state index contributed by atoms with van der Waals surface area (Å²) < 4.78 is 6.48. The smallest absolute Gasteiger partial charge is 0.110 e. The van der Waals surface area contributed by atoms with E-state index in [1.165, 1.54) is 0 Å². The van der Waals surface area contributed by atoms with Gasteiger partial charge >= 0.3 is 0 Å². The Morgan fingerprint density at radius 1 is 1.29 bits per heavy atom. The quantitative estimate of drug-likeness (QED) is 0.862. The third-order valence-corrected chi connectivity index (χ3v) is 4.93. The molecular formula is C16H15BrClNO2. The van der Waals surface area contributed by atoms with E-state index in [9.17, 15) is 5.11 Å². The molecule has 0 bridgehead atoms. The van der Waals surface area contributed by atoms with Crippen molar-refractivity contribution in [3.8, 4) is 0 Å². The highest BCUT2D eigenvalue weighted by Gasteiger charge is 2.36. The molecule has 1 aliphatic heterocycles. The maximum Gasteiger partial charge on any atom is 0.110 e. The number of ether oxygens (including phenoxy) is 1. The molecule has 3 nitrogen and oxygen atoms in total. The lowest BCUT2D eigenvalue weighted by Gasteiger charge is -2.39. The molecule has 0 saturated heterocycles. The number of hydrogen-bond donors (Lipinski definition) is 2. The fourth-order valence-electron chi connectivity index (χ4n) is 2.65. The molecule has 1 heterocycles. The molecule has 2 aromatic rings. The summed E-state index contributed by atoms with van der Waals surface area (Å²) in [6.07, 6.45) is 0. The van der Waals surface area contributed by atoms with Gasteiger partial charge in [0, 0.05) is 10.2 Å². The van der Waals surface area contributed by atoms with Crippen LogP contribution in [-0.4, -0.2) is 18.3 Å². The number of nitrogens with one attached hydrogen (secondary N) is 1. The minimum absolute atomic E-state index is 0.0513. The number of anilines is 1. The van der Waals surface area contributed by atoms with Crippen molar-refractivity contribution < 1.29 is 9.84 Å². The molecule has 1 atom stereocenters. The third kappa shape index (κ3) is 2.81. The minimum Gasteiger partial charge on any atom is -0.393 e. The third-order valence-electron chi connectivity index (χ3n) is 3.71. The Hall–Kier alpha value is -1.07. The molecule has 0 aromatic heterocycles. The van der Waals surface area contributed by atoms with Crippen molar-refractivity contribution in [1.29, 1.82) is 0 Å². The van der Waals surface area contributed by atoms with Crippen LogP contribution in [0.1, 0.15) is 11.1 Å². The van der Waals surface area contributed by atoms with Gasteiger partial charge in [0.05, 0.1) is 24.8 Å². The molecule has 2 aromatic carbocycles. The first-order valence-electron chi connectivity index (χ1n) is 6.65. The molecule has 3 rings (SSSR count).